The molecule has 38 heavy (non-hydrogen) atoms. The molecule has 2 aliphatic heterocycles. The highest BCUT2D eigenvalue weighted by Gasteiger charge is 2.64. The van der Waals surface area contributed by atoms with E-state index in [0.29, 0.717) is 0 Å². The van der Waals surface area contributed by atoms with Crippen molar-refractivity contribution in [2.75, 3.05) is 0 Å². The molecule has 5 aromatic carbocycles. The summed E-state index contributed by atoms with van der Waals surface area (Å²) in [7, 11) is 0. The average molecular weight is 488 g/mol. The third-order valence-corrected chi connectivity index (χ3v) is 8.73. The Hall–Kier alpha value is -4.69. The molecule has 0 radical (unpaired) electrons. The molecule has 0 saturated carbocycles. The molecule has 0 aliphatic carbocycles. The Bertz CT molecular complexity index is 1690. The third kappa shape index (κ3) is 2.50. The largest absolute Gasteiger partial charge is 0.200 e. The first-order valence-corrected chi connectivity index (χ1v) is 13.3. The molecule has 3 heterocycles. The number of benzene rings is 5. The van der Waals surface area contributed by atoms with Crippen molar-refractivity contribution in [3.8, 4) is 5.69 Å². The first-order chi connectivity index (χ1) is 18.9. The van der Waals surface area contributed by atoms with E-state index in [2.05, 4.69) is 161 Å². The zero-order valence-corrected chi connectivity index (χ0v) is 21.0. The second-order valence-corrected chi connectivity index (χ2v) is 10.4. The van der Waals surface area contributed by atoms with E-state index in [1.54, 1.807) is 0 Å². The van der Waals surface area contributed by atoms with Gasteiger partial charge in [-0.05, 0) is 27.8 Å². The van der Waals surface area contributed by atoms with Crippen molar-refractivity contribution in [1.82, 2.24) is 4.68 Å². The van der Waals surface area contributed by atoms with Gasteiger partial charge in [-0.2, -0.15) is 0 Å². The second-order valence-electron chi connectivity index (χ2n) is 10.4. The molecule has 0 atom stereocenters. The summed E-state index contributed by atoms with van der Waals surface area (Å²) in [4.78, 5) is 0. The summed E-state index contributed by atoms with van der Waals surface area (Å²) in [6.07, 6.45) is 2.27. The number of hydrogen-bond donors (Lipinski definition) is 0. The van der Waals surface area contributed by atoms with E-state index in [9.17, 15) is 0 Å². The van der Waals surface area contributed by atoms with E-state index in [0.717, 1.165) is 6.54 Å². The molecule has 180 valence electrons. The van der Waals surface area contributed by atoms with Gasteiger partial charge in [-0.1, -0.05) is 140 Å². The van der Waals surface area contributed by atoms with Gasteiger partial charge in [-0.25, -0.2) is 0 Å². The van der Waals surface area contributed by atoms with Crippen molar-refractivity contribution in [3.63, 3.8) is 0 Å². The molecule has 2 nitrogen and oxygen atoms in total. The summed E-state index contributed by atoms with van der Waals surface area (Å²) >= 11 is 0. The van der Waals surface area contributed by atoms with Crippen LogP contribution in [0.1, 0.15) is 39.1 Å². The van der Waals surface area contributed by atoms with E-state index < -0.39 is 10.8 Å². The van der Waals surface area contributed by atoms with Crippen molar-refractivity contribution in [3.05, 3.63) is 191 Å². The lowest BCUT2D eigenvalue weighted by molar-refractivity contribution is -0.752. The van der Waals surface area contributed by atoms with Gasteiger partial charge in [0.25, 0.3) is 0 Å². The van der Waals surface area contributed by atoms with Crippen LogP contribution in [0.3, 0.4) is 0 Å². The van der Waals surface area contributed by atoms with Gasteiger partial charge in [0.2, 0.25) is 0 Å². The van der Waals surface area contributed by atoms with Gasteiger partial charge in [-0.15, -0.1) is 9.36 Å². The Labute approximate surface area is 223 Å². The van der Waals surface area contributed by atoms with Crippen LogP contribution >= 0.6 is 0 Å². The van der Waals surface area contributed by atoms with E-state index >= 15 is 0 Å². The summed E-state index contributed by atoms with van der Waals surface area (Å²) in [5.74, 6) is 0. The molecule has 8 rings (SSSR count). The molecular weight excluding hydrogens is 460 g/mol. The van der Waals surface area contributed by atoms with Crippen LogP contribution in [0.4, 0.5) is 0 Å². The maximum absolute atomic E-state index is 2.49. The summed E-state index contributed by atoms with van der Waals surface area (Å²) in [6.45, 7) is 0.877. The fourth-order valence-corrected chi connectivity index (χ4v) is 7.49. The van der Waals surface area contributed by atoms with Gasteiger partial charge in [0, 0.05) is 11.6 Å². The fraction of sp³-hybridized carbons (Fsp3) is 0.0833. The highest BCUT2D eigenvalue weighted by molar-refractivity contribution is 5.74. The van der Waals surface area contributed by atoms with Gasteiger partial charge < -0.3 is 0 Å². The average Bonchev–Trinajstić information content (AvgIpc) is 3.58. The highest BCUT2D eigenvalue weighted by Crippen LogP contribution is 2.63. The zero-order valence-electron chi connectivity index (χ0n) is 21.0. The maximum atomic E-state index is 2.49. The van der Waals surface area contributed by atoms with Gasteiger partial charge >= 0.3 is 0 Å². The van der Waals surface area contributed by atoms with Gasteiger partial charge in [-0.3, -0.25) is 0 Å². The number of hydrogen-bond acceptors (Lipinski definition) is 0. The number of rotatable bonds is 4. The van der Waals surface area contributed by atoms with Crippen LogP contribution < -0.4 is 4.68 Å². The van der Waals surface area contributed by atoms with Crippen LogP contribution in [0.5, 0.6) is 0 Å². The van der Waals surface area contributed by atoms with E-state index in [1.165, 1.54) is 44.8 Å². The molecule has 0 unspecified atom stereocenters. The monoisotopic (exact) mass is 487 g/mol. The standard InChI is InChI=1S/C36H27N2/c1-5-15-28(16-6-1)35(29-17-7-2-8-18-29)32-23-13-14-27-26-37-25-24-33(38(37)34(27)32)36(35,30-19-9-3-10-20-30)31-21-11-4-12-22-31/h1-25H,26H2/q+1. The van der Waals surface area contributed by atoms with E-state index in [4.69, 9.17) is 0 Å². The number of para-hydroxylation sites is 1. The Morgan fingerprint density at radius 1 is 0.474 bits per heavy atom. The van der Waals surface area contributed by atoms with Crippen molar-refractivity contribution < 1.29 is 4.68 Å². The van der Waals surface area contributed by atoms with Crippen molar-refractivity contribution in [1.29, 1.82) is 0 Å². The van der Waals surface area contributed by atoms with Crippen LogP contribution in [0.2, 0.25) is 0 Å². The molecule has 0 fully saturated rings. The lowest BCUT2D eigenvalue weighted by Gasteiger charge is -2.54. The van der Waals surface area contributed by atoms with Crippen LogP contribution in [0, 0.1) is 0 Å². The van der Waals surface area contributed by atoms with Crippen LogP contribution in [0.25, 0.3) is 5.69 Å². The van der Waals surface area contributed by atoms with Crippen molar-refractivity contribution >= 4 is 0 Å². The predicted octanol–water partition coefficient (Wildman–Crippen LogP) is 6.81. The summed E-state index contributed by atoms with van der Waals surface area (Å²) in [5, 5.41) is 0. The molecule has 0 bridgehead atoms. The number of aromatic nitrogens is 2. The normalized spacial score (nSPS) is 15.7. The zero-order chi connectivity index (χ0) is 25.2. The molecular formula is C36H27N2+. The molecule has 2 aliphatic rings. The predicted molar refractivity (Wildman–Crippen MR) is 151 cm³/mol. The summed E-state index contributed by atoms with van der Waals surface area (Å²) in [6, 6.07) is 53.9. The lowest BCUT2D eigenvalue weighted by atomic mass is 9.46. The third-order valence-electron chi connectivity index (χ3n) is 8.73. The molecule has 0 N–H and O–H groups in total. The Morgan fingerprint density at radius 2 is 0.947 bits per heavy atom. The van der Waals surface area contributed by atoms with Gasteiger partial charge in [0.15, 0.2) is 12.7 Å². The van der Waals surface area contributed by atoms with Crippen LogP contribution in [-0.2, 0) is 17.4 Å². The van der Waals surface area contributed by atoms with Gasteiger partial charge in [0.1, 0.15) is 11.4 Å². The molecule has 1 aromatic heterocycles. The highest BCUT2D eigenvalue weighted by atomic mass is 15.4. The van der Waals surface area contributed by atoms with Crippen molar-refractivity contribution in [2.45, 2.75) is 17.4 Å². The molecule has 6 aromatic rings. The van der Waals surface area contributed by atoms with Crippen molar-refractivity contribution in [2.24, 2.45) is 0 Å². The van der Waals surface area contributed by atoms with E-state index in [-0.39, 0.29) is 0 Å². The molecule has 0 saturated heterocycles. The minimum absolute atomic E-state index is 0.528. The van der Waals surface area contributed by atoms with E-state index in [1.807, 2.05) is 0 Å². The number of nitrogens with zero attached hydrogens (tertiary/aromatic N) is 2. The quantitative estimate of drug-likeness (QED) is 0.241. The molecule has 0 spiro atoms. The second kappa shape index (κ2) is 7.90. The minimum Gasteiger partial charge on any atom is -0.123 e. The topological polar surface area (TPSA) is 8.81 Å². The lowest BCUT2D eigenvalue weighted by Crippen LogP contribution is -2.57. The maximum Gasteiger partial charge on any atom is 0.200 e. The SMILES string of the molecule is c1ccc(C2(c3ccccc3)c3cccc4c3-n3c(cc[n+]3C4)C2(c2ccccc2)c2ccccc2)cc1. The Morgan fingerprint density at radius 3 is 1.45 bits per heavy atom. The Kier molecular flexibility index (Phi) is 4.45. The fourth-order valence-electron chi connectivity index (χ4n) is 7.49. The van der Waals surface area contributed by atoms with Crippen LogP contribution in [0.15, 0.2) is 152 Å². The first kappa shape index (κ1) is 21.4. The minimum atomic E-state index is -0.542. The van der Waals surface area contributed by atoms with Crippen LogP contribution in [-0.4, -0.2) is 4.68 Å². The molecule has 0 amide bonds. The summed E-state index contributed by atoms with van der Waals surface area (Å²) in [5.41, 5.74) is 9.40. The smallest absolute Gasteiger partial charge is 0.123 e. The Balaban J connectivity index is 1.70. The summed E-state index contributed by atoms with van der Waals surface area (Å²) < 4.78 is 4.87. The first-order valence-electron chi connectivity index (χ1n) is 13.3. The van der Waals surface area contributed by atoms with Gasteiger partial charge in [0.05, 0.1) is 10.8 Å². The molecule has 2 heteroatoms.